The number of hydrogen-bond donors (Lipinski definition) is 2. The Morgan fingerprint density at radius 2 is 2.00 bits per heavy atom. The number of nitrogens with two attached hydrogens (primary N) is 1. The van der Waals surface area contributed by atoms with Gasteiger partial charge in [0.05, 0.1) is 10.6 Å². The summed E-state index contributed by atoms with van der Waals surface area (Å²) in [6.45, 7) is 0.961. The lowest BCUT2D eigenvalue weighted by molar-refractivity contribution is 0.168. The van der Waals surface area contributed by atoms with Gasteiger partial charge in [0.1, 0.15) is 19.0 Å². The van der Waals surface area contributed by atoms with E-state index in [2.05, 4.69) is 0 Å². The molecule has 1 aromatic rings. The SMILES string of the molecule is NC1(c2c(O)c(Cl)cc3c2OCCO3)CC1. The van der Waals surface area contributed by atoms with Crippen LogP contribution in [0.1, 0.15) is 18.4 Å². The van der Waals surface area contributed by atoms with Gasteiger partial charge in [-0.15, -0.1) is 0 Å². The normalized spacial score (nSPS) is 20.6. The average molecular weight is 242 g/mol. The molecule has 0 spiro atoms. The lowest BCUT2D eigenvalue weighted by Gasteiger charge is -2.24. The van der Waals surface area contributed by atoms with Crippen molar-refractivity contribution in [2.75, 3.05) is 13.2 Å². The number of benzene rings is 1. The van der Waals surface area contributed by atoms with Gasteiger partial charge in [0.25, 0.3) is 0 Å². The molecule has 0 amide bonds. The minimum atomic E-state index is -0.500. The van der Waals surface area contributed by atoms with Gasteiger partial charge in [-0.05, 0) is 12.8 Å². The Balaban J connectivity index is 2.23. The topological polar surface area (TPSA) is 64.7 Å². The van der Waals surface area contributed by atoms with Crippen LogP contribution in [0, 0.1) is 0 Å². The molecule has 1 aromatic carbocycles. The molecule has 1 aliphatic heterocycles. The van der Waals surface area contributed by atoms with Crippen LogP contribution in [0.2, 0.25) is 5.02 Å². The van der Waals surface area contributed by atoms with Crippen LogP contribution in [0.25, 0.3) is 0 Å². The summed E-state index contributed by atoms with van der Waals surface area (Å²) in [5, 5.41) is 10.2. The number of fused-ring (bicyclic) bond motifs is 1. The second kappa shape index (κ2) is 3.18. The highest BCUT2D eigenvalue weighted by molar-refractivity contribution is 6.32. The van der Waals surface area contributed by atoms with Crippen molar-refractivity contribution in [3.8, 4) is 17.2 Å². The zero-order valence-electron chi connectivity index (χ0n) is 8.62. The molecule has 1 aliphatic carbocycles. The van der Waals surface area contributed by atoms with Gasteiger partial charge in [-0.2, -0.15) is 0 Å². The van der Waals surface area contributed by atoms with Crippen LogP contribution < -0.4 is 15.2 Å². The van der Waals surface area contributed by atoms with Gasteiger partial charge in [-0.25, -0.2) is 0 Å². The second-order valence-corrected chi connectivity index (χ2v) is 4.67. The van der Waals surface area contributed by atoms with E-state index in [1.807, 2.05) is 0 Å². The van der Waals surface area contributed by atoms with Crippen molar-refractivity contribution in [2.45, 2.75) is 18.4 Å². The van der Waals surface area contributed by atoms with Crippen molar-refractivity contribution in [3.63, 3.8) is 0 Å². The predicted octanol–water partition coefficient (Wildman–Crippen LogP) is 1.76. The van der Waals surface area contributed by atoms with Gasteiger partial charge in [0.15, 0.2) is 11.5 Å². The first kappa shape index (κ1) is 10.1. The van der Waals surface area contributed by atoms with Crippen molar-refractivity contribution in [1.29, 1.82) is 0 Å². The summed E-state index contributed by atoms with van der Waals surface area (Å²) in [7, 11) is 0. The van der Waals surface area contributed by atoms with E-state index in [0.717, 1.165) is 12.8 Å². The summed E-state index contributed by atoms with van der Waals surface area (Å²) in [5.74, 6) is 1.14. The Hall–Kier alpha value is -1.13. The van der Waals surface area contributed by atoms with Crippen LogP contribution in [0.15, 0.2) is 6.07 Å². The molecule has 1 heterocycles. The smallest absolute Gasteiger partial charge is 0.170 e. The quantitative estimate of drug-likeness (QED) is 0.787. The number of phenols is 1. The van der Waals surface area contributed by atoms with Gasteiger partial charge < -0.3 is 20.3 Å². The predicted molar refractivity (Wildman–Crippen MR) is 59.2 cm³/mol. The van der Waals surface area contributed by atoms with E-state index in [1.54, 1.807) is 6.07 Å². The fourth-order valence-corrected chi connectivity index (χ4v) is 2.19. The molecule has 0 atom stereocenters. The second-order valence-electron chi connectivity index (χ2n) is 4.26. The molecule has 3 N–H and O–H groups in total. The number of ether oxygens (including phenoxy) is 2. The highest BCUT2D eigenvalue weighted by Gasteiger charge is 2.46. The van der Waals surface area contributed by atoms with E-state index in [1.165, 1.54) is 0 Å². The fourth-order valence-electron chi connectivity index (χ4n) is 1.99. The van der Waals surface area contributed by atoms with Crippen LogP contribution >= 0.6 is 11.6 Å². The summed E-state index contributed by atoms with van der Waals surface area (Å²) in [6, 6.07) is 1.57. The monoisotopic (exact) mass is 241 g/mol. The van der Waals surface area contributed by atoms with E-state index in [-0.39, 0.29) is 10.8 Å². The molecule has 0 bridgehead atoms. The Morgan fingerprint density at radius 1 is 1.31 bits per heavy atom. The van der Waals surface area contributed by atoms with Crippen LogP contribution in [-0.2, 0) is 5.54 Å². The van der Waals surface area contributed by atoms with Gasteiger partial charge in [-0.3, -0.25) is 0 Å². The third kappa shape index (κ3) is 1.33. The molecular formula is C11H12ClNO3. The van der Waals surface area contributed by atoms with Crippen LogP contribution in [0.3, 0.4) is 0 Å². The summed E-state index contributed by atoms with van der Waals surface area (Å²) >= 11 is 5.94. The van der Waals surface area contributed by atoms with Crippen molar-refractivity contribution in [3.05, 3.63) is 16.7 Å². The molecule has 0 aromatic heterocycles. The van der Waals surface area contributed by atoms with E-state index in [9.17, 15) is 5.11 Å². The molecule has 2 aliphatic rings. The minimum absolute atomic E-state index is 0.0194. The molecule has 1 fully saturated rings. The summed E-state index contributed by atoms with van der Waals surface area (Å²) in [6.07, 6.45) is 1.66. The Labute approximate surface area is 97.9 Å². The number of phenolic OH excluding ortho intramolecular Hbond substituents is 1. The molecule has 16 heavy (non-hydrogen) atoms. The van der Waals surface area contributed by atoms with E-state index in [0.29, 0.717) is 30.3 Å². The van der Waals surface area contributed by atoms with Gasteiger partial charge in [0.2, 0.25) is 0 Å². The highest BCUT2D eigenvalue weighted by Crippen LogP contribution is 2.55. The van der Waals surface area contributed by atoms with Crippen LogP contribution in [-0.4, -0.2) is 18.3 Å². The van der Waals surface area contributed by atoms with Gasteiger partial charge in [0, 0.05) is 11.6 Å². The van der Waals surface area contributed by atoms with Gasteiger partial charge >= 0.3 is 0 Å². The highest BCUT2D eigenvalue weighted by atomic mass is 35.5. The van der Waals surface area contributed by atoms with E-state index >= 15 is 0 Å². The maximum absolute atomic E-state index is 9.98. The lowest BCUT2D eigenvalue weighted by atomic mass is 10.0. The largest absolute Gasteiger partial charge is 0.506 e. The molecule has 4 nitrogen and oxygen atoms in total. The number of halogens is 1. The molecule has 5 heteroatoms. The Kier molecular flexibility index (Phi) is 2.00. The Morgan fingerprint density at radius 3 is 2.69 bits per heavy atom. The fraction of sp³-hybridized carbons (Fsp3) is 0.455. The summed E-state index contributed by atoms with van der Waals surface area (Å²) in [5.41, 5.74) is 6.20. The van der Waals surface area contributed by atoms with Crippen LogP contribution in [0.4, 0.5) is 0 Å². The number of hydrogen-bond acceptors (Lipinski definition) is 4. The van der Waals surface area contributed by atoms with Crippen molar-refractivity contribution < 1.29 is 14.6 Å². The minimum Gasteiger partial charge on any atom is -0.506 e. The summed E-state index contributed by atoms with van der Waals surface area (Å²) in [4.78, 5) is 0. The average Bonchev–Trinajstić information content (AvgIpc) is 2.99. The van der Waals surface area contributed by atoms with E-state index in [4.69, 9.17) is 26.8 Å². The van der Waals surface area contributed by atoms with Crippen LogP contribution in [0.5, 0.6) is 17.2 Å². The maximum atomic E-state index is 9.98. The standard InChI is InChI=1S/C11H12ClNO3/c12-6-5-7-10(16-4-3-15-7)8(9(6)14)11(13)1-2-11/h5,14H,1-4,13H2. The molecule has 86 valence electrons. The lowest BCUT2D eigenvalue weighted by Crippen LogP contribution is -2.24. The van der Waals surface area contributed by atoms with Crippen molar-refractivity contribution in [2.24, 2.45) is 5.73 Å². The zero-order valence-corrected chi connectivity index (χ0v) is 9.38. The first-order valence-electron chi connectivity index (χ1n) is 5.22. The molecule has 0 radical (unpaired) electrons. The first-order valence-corrected chi connectivity index (χ1v) is 5.60. The van der Waals surface area contributed by atoms with Gasteiger partial charge in [-0.1, -0.05) is 11.6 Å². The maximum Gasteiger partial charge on any atom is 0.170 e. The molecule has 3 rings (SSSR count). The first-order chi connectivity index (χ1) is 7.62. The Bertz CT molecular complexity index is 457. The molecule has 0 saturated heterocycles. The molecular weight excluding hydrogens is 230 g/mol. The number of rotatable bonds is 1. The van der Waals surface area contributed by atoms with Crippen molar-refractivity contribution in [1.82, 2.24) is 0 Å². The third-order valence-corrected chi connectivity index (χ3v) is 3.33. The summed E-state index contributed by atoms with van der Waals surface area (Å²) < 4.78 is 11.0. The number of aromatic hydroxyl groups is 1. The van der Waals surface area contributed by atoms with Crippen molar-refractivity contribution >= 4 is 11.6 Å². The molecule has 0 unspecified atom stereocenters. The van der Waals surface area contributed by atoms with E-state index < -0.39 is 5.54 Å². The molecule has 1 saturated carbocycles. The zero-order chi connectivity index (χ0) is 11.3. The third-order valence-electron chi connectivity index (χ3n) is 3.05.